The van der Waals surface area contributed by atoms with E-state index >= 15 is 0 Å². The standard InChI is InChI=1S/C20H20FN5O2/c1-11(2)26-18-16(10-22-26)15(9-17(23-18)12-3-4-12)20(28)25-24-19(27)13-5-7-14(21)8-6-13/h5-12H,3-4H2,1-2H3,(H,24,27)(H,25,28). The summed E-state index contributed by atoms with van der Waals surface area (Å²) in [4.78, 5) is 29.6. The smallest absolute Gasteiger partial charge is 0.267 e. The molecule has 144 valence electrons. The summed E-state index contributed by atoms with van der Waals surface area (Å²) in [7, 11) is 0. The maximum absolute atomic E-state index is 13.0. The molecular formula is C20H20FN5O2. The van der Waals surface area contributed by atoms with Crippen LogP contribution in [-0.4, -0.2) is 26.6 Å². The fourth-order valence-electron chi connectivity index (χ4n) is 3.05. The molecule has 0 atom stereocenters. The molecule has 2 heterocycles. The number of carbonyl (C=O) groups is 2. The van der Waals surface area contributed by atoms with Gasteiger partial charge in [-0.2, -0.15) is 5.10 Å². The van der Waals surface area contributed by atoms with Crippen LogP contribution in [0, 0.1) is 5.82 Å². The first kappa shape index (κ1) is 18.1. The molecule has 0 unspecified atom stereocenters. The summed E-state index contributed by atoms with van der Waals surface area (Å²) < 4.78 is 14.8. The van der Waals surface area contributed by atoms with E-state index in [0.717, 1.165) is 18.5 Å². The molecule has 3 aromatic rings. The lowest BCUT2D eigenvalue weighted by Crippen LogP contribution is -2.41. The van der Waals surface area contributed by atoms with Crippen LogP contribution in [0.25, 0.3) is 11.0 Å². The fraction of sp³-hybridized carbons (Fsp3) is 0.300. The molecule has 1 aliphatic rings. The number of halogens is 1. The van der Waals surface area contributed by atoms with Crippen LogP contribution >= 0.6 is 0 Å². The lowest BCUT2D eigenvalue weighted by atomic mass is 10.1. The first-order valence-electron chi connectivity index (χ1n) is 9.18. The molecule has 7 nitrogen and oxygen atoms in total. The summed E-state index contributed by atoms with van der Waals surface area (Å²) >= 11 is 0. The summed E-state index contributed by atoms with van der Waals surface area (Å²) in [5.41, 5.74) is 6.98. The topological polar surface area (TPSA) is 88.9 Å². The van der Waals surface area contributed by atoms with E-state index in [4.69, 9.17) is 4.98 Å². The zero-order valence-corrected chi connectivity index (χ0v) is 15.6. The molecule has 1 fully saturated rings. The number of nitrogens with one attached hydrogen (secondary N) is 2. The van der Waals surface area contributed by atoms with E-state index in [1.165, 1.54) is 24.3 Å². The molecule has 2 N–H and O–H groups in total. The molecule has 1 saturated carbocycles. The van der Waals surface area contributed by atoms with Gasteiger partial charge in [0.15, 0.2) is 5.65 Å². The van der Waals surface area contributed by atoms with Gasteiger partial charge < -0.3 is 0 Å². The highest BCUT2D eigenvalue weighted by Crippen LogP contribution is 2.40. The van der Waals surface area contributed by atoms with Crippen molar-refractivity contribution < 1.29 is 14.0 Å². The van der Waals surface area contributed by atoms with Crippen LogP contribution < -0.4 is 10.9 Å². The zero-order chi connectivity index (χ0) is 19.8. The highest BCUT2D eigenvalue weighted by Gasteiger charge is 2.28. The zero-order valence-electron chi connectivity index (χ0n) is 15.6. The average molecular weight is 381 g/mol. The van der Waals surface area contributed by atoms with Crippen molar-refractivity contribution in [3.8, 4) is 0 Å². The Morgan fingerprint density at radius 1 is 1.14 bits per heavy atom. The largest absolute Gasteiger partial charge is 0.270 e. The molecule has 0 spiro atoms. The summed E-state index contributed by atoms with van der Waals surface area (Å²) in [5, 5.41) is 4.99. The Balaban J connectivity index is 1.59. The van der Waals surface area contributed by atoms with E-state index in [1.54, 1.807) is 16.9 Å². The lowest BCUT2D eigenvalue weighted by molar-refractivity contribution is 0.0847. The monoisotopic (exact) mass is 381 g/mol. The van der Waals surface area contributed by atoms with E-state index in [1.807, 2.05) is 13.8 Å². The number of benzene rings is 1. The van der Waals surface area contributed by atoms with E-state index in [0.29, 0.717) is 22.5 Å². The van der Waals surface area contributed by atoms with Gasteiger partial charge in [0.05, 0.1) is 17.1 Å². The Kier molecular flexibility index (Phi) is 4.54. The number of hydrazine groups is 1. The molecule has 1 aromatic carbocycles. The Morgan fingerprint density at radius 3 is 2.46 bits per heavy atom. The predicted molar refractivity (Wildman–Crippen MR) is 101 cm³/mol. The molecule has 1 aliphatic carbocycles. The van der Waals surface area contributed by atoms with Gasteiger partial charge in [-0.3, -0.25) is 20.4 Å². The van der Waals surface area contributed by atoms with Crippen LogP contribution in [0.4, 0.5) is 4.39 Å². The van der Waals surface area contributed by atoms with Gasteiger partial charge in [-0.15, -0.1) is 0 Å². The molecule has 8 heteroatoms. The third kappa shape index (κ3) is 3.45. The van der Waals surface area contributed by atoms with Crippen LogP contribution in [0.3, 0.4) is 0 Å². The Bertz CT molecular complexity index is 1050. The van der Waals surface area contributed by atoms with Crippen molar-refractivity contribution in [3.63, 3.8) is 0 Å². The van der Waals surface area contributed by atoms with Crippen LogP contribution in [0.15, 0.2) is 36.5 Å². The molecule has 0 aliphatic heterocycles. The first-order valence-corrected chi connectivity index (χ1v) is 9.18. The van der Waals surface area contributed by atoms with Gasteiger partial charge in [0.2, 0.25) is 0 Å². The van der Waals surface area contributed by atoms with E-state index in [9.17, 15) is 14.0 Å². The number of nitrogens with zero attached hydrogens (tertiary/aromatic N) is 3. The normalized spacial score (nSPS) is 13.7. The van der Waals surface area contributed by atoms with Gasteiger partial charge in [0.25, 0.3) is 11.8 Å². The molecule has 2 amide bonds. The minimum Gasteiger partial charge on any atom is -0.267 e. The Labute approximate surface area is 160 Å². The molecule has 0 saturated heterocycles. The third-order valence-corrected chi connectivity index (χ3v) is 4.71. The van der Waals surface area contributed by atoms with Crippen molar-refractivity contribution in [2.45, 2.75) is 38.6 Å². The quantitative estimate of drug-likeness (QED) is 0.680. The minimum atomic E-state index is -0.529. The second kappa shape index (κ2) is 7.03. The van der Waals surface area contributed by atoms with Crippen molar-refractivity contribution in [3.05, 3.63) is 59.2 Å². The summed E-state index contributed by atoms with van der Waals surface area (Å²) in [6.07, 6.45) is 3.73. The van der Waals surface area contributed by atoms with Crippen molar-refractivity contribution in [1.82, 2.24) is 25.6 Å². The van der Waals surface area contributed by atoms with Gasteiger partial charge >= 0.3 is 0 Å². The number of hydrogen-bond donors (Lipinski definition) is 2. The number of rotatable bonds is 4. The van der Waals surface area contributed by atoms with Gasteiger partial charge in [0, 0.05) is 23.2 Å². The van der Waals surface area contributed by atoms with Crippen LogP contribution in [0.1, 0.15) is 65.1 Å². The highest BCUT2D eigenvalue weighted by atomic mass is 19.1. The second-order valence-electron chi connectivity index (χ2n) is 7.20. The van der Waals surface area contributed by atoms with Crippen LogP contribution in [-0.2, 0) is 0 Å². The molecule has 4 rings (SSSR count). The molecule has 0 radical (unpaired) electrons. The van der Waals surface area contributed by atoms with E-state index in [2.05, 4.69) is 16.0 Å². The average Bonchev–Trinajstić information content (AvgIpc) is 3.44. The molecule has 2 aromatic heterocycles. The third-order valence-electron chi connectivity index (χ3n) is 4.71. The SMILES string of the molecule is CC(C)n1ncc2c(C(=O)NNC(=O)c3ccc(F)cc3)cc(C3CC3)nc21. The molecule has 28 heavy (non-hydrogen) atoms. The van der Waals surface area contributed by atoms with Gasteiger partial charge in [0.1, 0.15) is 5.82 Å². The number of hydrogen-bond acceptors (Lipinski definition) is 4. The molecule has 0 bridgehead atoms. The maximum Gasteiger partial charge on any atom is 0.270 e. The van der Waals surface area contributed by atoms with Crippen LogP contribution in [0.2, 0.25) is 0 Å². The number of fused-ring (bicyclic) bond motifs is 1. The molecular weight excluding hydrogens is 361 g/mol. The van der Waals surface area contributed by atoms with Crippen molar-refractivity contribution in [2.75, 3.05) is 0 Å². The highest BCUT2D eigenvalue weighted by molar-refractivity contribution is 6.06. The Hall–Kier alpha value is -3.29. The Morgan fingerprint density at radius 2 is 1.82 bits per heavy atom. The van der Waals surface area contributed by atoms with Gasteiger partial charge in [-0.05, 0) is 57.0 Å². The number of pyridine rings is 1. The number of aromatic nitrogens is 3. The summed E-state index contributed by atoms with van der Waals surface area (Å²) in [5.74, 6) is -1.05. The predicted octanol–water partition coefficient (Wildman–Crippen LogP) is 3.10. The van der Waals surface area contributed by atoms with Crippen molar-refractivity contribution in [2.24, 2.45) is 0 Å². The van der Waals surface area contributed by atoms with Crippen molar-refractivity contribution in [1.29, 1.82) is 0 Å². The van der Waals surface area contributed by atoms with Gasteiger partial charge in [-0.25, -0.2) is 14.1 Å². The van der Waals surface area contributed by atoms with E-state index < -0.39 is 17.6 Å². The first-order chi connectivity index (χ1) is 13.4. The van der Waals surface area contributed by atoms with Gasteiger partial charge in [-0.1, -0.05) is 0 Å². The summed E-state index contributed by atoms with van der Waals surface area (Å²) in [6.45, 7) is 4.00. The van der Waals surface area contributed by atoms with Crippen molar-refractivity contribution >= 4 is 22.8 Å². The van der Waals surface area contributed by atoms with E-state index in [-0.39, 0.29) is 11.6 Å². The number of amides is 2. The summed E-state index contributed by atoms with van der Waals surface area (Å²) in [6, 6.07) is 6.94. The fourth-order valence-corrected chi connectivity index (χ4v) is 3.05. The maximum atomic E-state index is 13.0. The second-order valence-corrected chi connectivity index (χ2v) is 7.20. The number of carbonyl (C=O) groups excluding carboxylic acids is 2. The lowest BCUT2D eigenvalue weighted by Gasteiger charge is -2.11. The van der Waals surface area contributed by atoms with Crippen LogP contribution in [0.5, 0.6) is 0 Å². The minimum absolute atomic E-state index is 0.105.